The molecular formula is C17H16BrN5O. The topological polar surface area (TPSA) is 90.7 Å². The molecule has 24 heavy (non-hydrogen) atoms. The average Bonchev–Trinajstić information content (AvgIpc) is 2.58. The van der Waals surface area contributed by atoms with Crippen molar-refractivity contribution in [2.75, 3.05) is 10.6 Å². The fourth-order valence-corrected chi connectivity index (χ4v) is 2.26. The summed E-state index contributed by atoms with van der Waals surface area (Å²) in [6.07, 6.45) is 5.21. The lowest BCUT2D eigenvalue weighted by Gasteiger charge is -2.12. The largest absolute Gasteiger partial charge is 0.329 e. The van der Waals surface area contributed by atoms with Crippen LogP contribution in [0.1, 0.15) is 18.1 Å². The summed E-state index contributed by atoms with van der Waals surface area (Å²) in [4.78, 5) is 20.4. The number of nitrogens with one attached hydrogen (secondary N) is 2. The van der Waals surface area contributed by atoms with Gasteiger partial charge in [-0.15, -0.1) is 0 Å². The van der Waals surface area contributed by atoms with Gasteiger partial charge in [0, 0.05) is 24.3 Å². The molecule has 0 bridgehead atoms. The van der Waals surface area contributed by atoms with Crippen LogP contribution in [0.3, 0.4) is 0 Å². The van der Waals surface area contributed by atoms with Crippen molar-refractivity contribution in [1.82, 2.24) is 9.97 Å². The van der Waals surface area contributed by atoms with E-state index in [1.807, 2.05) is 38.1 Å². The van der Waals surface area contributed by atoms with Gasteiger partial charge in [0.15, 0.2) is 0 Å². The summed E-state index contributed by atoms with van der Waals surface area (Å²) in [5.41, 5.74) is 2.65. The van der Waals surface area contributed by atoms with E-state index in [2.05, 4.69) is 36.5 Å². The number of hydrogen-bond acceptors (Lipinski definition) is 5. The molecule has 0 radical (unpaired) electrons. The van der Waals surface area contributed by atoms with Gasteiger partial charge in [-0.05, 0) is 40.4 Å². The molecule has 0 aliphatic rings. The molecule has 2 rings (SSSR count). The molecule has 0 aliphatic heterocycles. The lowest BCUT2D eigenvalue weighted by Crippen LogP contribution is -2.16. The van der Waals surface area contributed by atoms with Crippen LogP contribution >= 0.6 is 15.9 Å². The van der Waals surface area contributed by atoms with Crippen molar-refractivity contribution in [2.45, 2.75) is 20.3 Å². The van der Waals surface area contributed by atoms with E-state index in [4.69, 9.17) is 0 Å². The standard InChI is InChI=1S/C17H16BrN5O/c1-3-12-6-4-5-11(2)15(12)23-16(24)13(7-19)8-20-17-21-9-14(18)10-22-17/h4-6,8-10H,3H2,1-2H3,(H,23,24)(H,20,21,22)/b13-8-. The summed E-state index contributed by atoms with van der Waals surface area (Å²) < 4.78 is 0.738. The number of rotatable bonds is 5. The molecule has 0 saturated carbocycles. The second kappa shape index (κ2) is 8.22. The molecule has 1 heterocycles. The summed E-state index contributed by atoms with van der Waals surface area (Å²) in [5, 5.41) is 14.8. The predicted octanol–water partition coefficient (Wildman–Crippen LogP) is 3.57. The third-order valence-corrected chi connectivity index (χ3v) is 3.72. The first-order valence-corrected chi connectivity index (χ1v) is 8.08. The highest BCUT2D eigenvalue weighted by molar-refractivity contribution is 9.10. The zero-order valence-corrected chi connectivity index (χ0v) is 14.9. The second-order valence-corrected chi connectivity index (χ2v) is 5.87. The number of carbonyl (C=O) groups excluding carboxylic acids is 1. The number of hydrogen-bond donors (Lipinski definition) is 2. The molecule has 1 amide bonds. The summed E-state index contributed by atoms with van der Waals surface area (Å²) in [5.74, 6) is -0.185. The molecule has 0 saturated heterocycles. The fraction of sp³-hybridized carbons (Fsp3) is 0.176. The normalized spacial score (nSPS) is 10.8. The molecule has 0 atom stereocenters. The highest BCUT2D eigenvalue weighted by Crippen LogP contribution is 2.21. The molecule has 1 aromatic carbocycles. The molecule has 7 heteroatoms. The van der Waals surface area contributed by atoms with E-state index in [0.29, 0.717) is 5.95 Å². The SMILES string of the molecule is CCc1cccc(C)c1NC(=O)/C(C#N)=C\Nc1ncc(Br)cn1. The van der Waals surface area contributed by atoms with Gasteiger partial charge >= 0.3 is 0 Å². The van der Waals surface area contributed by atoms with Crippen LogP contribution < -0.4 is 10.6 Å². The predicted molar refractivity (Wildman–Crippen MR) is 96.2 cm³/mol. The number of benzene rings is 1. The Labute approximate surface area is 148 Å². The van der Waals surface area contributed by atoms with Gasteiger partial charge in [0.25, 0.3) is 5.91 Å². The van der Waals surface area contributed by atoms with Gasteiger partial charge in [0.1, 0.15) is 11.6 Å². The zero-order valence-electron chi connectivity index (χ0n) is 13.3. The van der Waals surface area contributed by atoms with Gasteiger partial charge < -0.3 is 10.6 Å². The number of carbonyl (C=O) groups is 1. The van der Waals surface area contributed by atoms with Gasteiger partial charge in [0.05, 0.1) is 4.47 Å². The van der Waals surface area contributed by atoms with Crippen LogP contribution in [0.15, 0.2) is 46.8 Å². The molecule has 0 unspecified atom stereocenters. The smallest absolute Gasteiger partial charge is 0.267 e. The van der Waals surface area contributed by atoms with Crippen LogP contribution in [0.4, 0.5) is 11.6 Å². The van der Waals surface area contributed by atoms with E-state index in [0.717, 1.165) is 27.7 Å². The molecule has 122 valence electrons. The number of para-hydroxylation sites is 1. The third-order valence-electron chi connectivity index (χ3n) is 3.31. The van der Waals surface area contributed by atoms with Gasteiger partial charge in [-0.25, -0.2) is 9.97 Å². The van der Waals surface area contributed by atoms with E-state index < -0.39 is 5.91 Å². The van der Waals surface area contributed by atoms with E-state index >= 15 is 0 Å². The Morgan fingerprint density at radius 1 is 1.38 bits per heavy atom. The Kier molecular flexibility index (Phi) is 6.04. The Morgan fingerprint density at radius 3 is 2.71 bits per heavy atom. The Morgan fingerprint density at radius 2 is 2.08 bits per heavy atom. The summed E-state index contributed by atoms with van der Waals surface area (Å²) in [7, 11) is 0. The molecule has 1 aromatic heterocycles. The highest BCUT2D eigenvalue weighted by Gasteiger charge is 2.13. The van der Waals surface area contributed by atoms with E-state index in [1.54, 1.807) is 12.4 Å². The minimum Gasteiger partial charge on any atom is -0.329 e. The molecule has 6 nitrogen and oxygen atoms in total. The number of halogens is 1. The molecule has 2 N–H and O–H groups in total. The minimum absolute atomic E-state index is 0.0631. The van der Waals surface area contributed by atoms with Crippen molar-refractivity contribution >= 4 is 33.5 Å². The minimum atomic E-state index is -0.480. The van der Waals surface area contributed by atoms with Crippen LogP contribution in [0.2, 0.25) is 0 Å². The van der Waals surface area contributed by atoms with Crippen molar-refractivity contribution in [3.8, 4) is 6.07 Å². The van der Waals surface area contributed by atoms with Crippen LogP contribution in [0.25, 0.3) is 0 Å². The fourth-order valence-electron chi connectivity index (χ4n) is 2.06. The highest BCUT2D eigenvalue weighted by atomic mass is 79.9. The number of aryl methyl sites for hydroxylation is 2. The Hall–Kier alpha value is -2.72. The van der Waals surface area contributed by atoms with Gasteiger partial charge in [-0.1, -0.05) is 25.1 Å². The van der Waals surface area contributed by atoms with Gasteiger partial charge in [-0.2, -0.15) is 5.26 Å². The Bertz CT molecular complexity index is 809. The van der Waals surface area contributed by atoms with Crippen molar-refractivity contribution in [3.63, 3.8) is 0 Å². The van der Waals surface area contributed by atoms with Crippen LogP contribution in [-0.4, -0.2) is 15.9 Å². The third kappa shape index (κ3) is 4.40. The zero-order chi connectivity index (χ0) is 17.5. The van der Waals surface area contributed by atoms with Crippen molar-refractivity contribution in [2.24, 2.45) is 0 Å². The van der Waals surface area contributed by atoms with Crippen molar-refractivity contribution in [3.05, 3.63) is 58.0 Å². The second-order valence-electron chi connectivity index (χ2n) is 4.96. The van der Waals surface area contributed by atoms with Crippen LogP contribution in [0.5, 0.6) is 0 Å². The number of nitriles is 1. The maximum absolute atomic E-state index is 12.3. The van der Waals surface area contributed by atoms with E-state index in [1.165, 1.54) is 6.20 Å². The number of nitrogens with zero attached hydrogens (tertiary/aromatic N) is 3. The Balaban J connectivity index is 2.16. The first-order chi connectivity index (χ1) is 11.5. The van der Waals surface area contributed by atoms with Crippen LogP contribution in [0, 0.1) is 18.3 Å². The van der Waals surface area contributed by atoms with E-state index in [-0.39, 0.29) is 5.57 Å². The summed E-state index contributed by atoms with van der Waals surface area (Å²) >= 11 is 3.24. The molecule has 2 aromatic rings. The maximum Gasteiger partial charge on any atom is 0.267 e. The van der Waals surface area contributed by atoms with Crippen LogP contribution in [-0.2, 0) is 11.2 Å². The van der Waals surface area contributed by atoms with Crippen molar-refractivity contribution in [1.29, 1.82) is 5.26 Å². The van der Waals surface area contributed by atoms with Crippen molar-refractivity contribution < 1.29 is 4.79 Å². The molecule has 0 fully saturated rings. The van der Waals surface area contributed by atoms with Gasteiger partial charge in [-0.3, -0.25) is 4.79 Å². The lowest BCUT2D eigenvalue weighted by molar-refractivity contribution is -0.112. The monoisotopic (exact) mass is 385 g/mol. The molecule has 0 spiro atoms. The first kappa shape index (κ1) is 17.6. The quantitative estimate of drug-likeness (QED) is 0.606. The number of anilines is 2. The molecular weight excluding hydrogens is 370 g/mol. The summed E-state index contributed by atoms with van der Waals surface area (Å²) in [6.45, 7) is 3.93. The molecule has 0 aliphatic carbocycles. The van der Waals surface area contributed by atoms with Gasteiger partial charge in [0.2, 0.25) is 5.95 Å². The number of amides is 1. The van der Waals surface area contributed by atoms with E-state index in [9.17, 15) is 10.1 Å². The summed E-state index contributed by atoms with van der Waals surface area (Å²) in [6, 6.07) is 7.69. The average molecular weight is 386 g/mol. The lowest BCUT2D eigenvalue weighted by atomic mass is 10.1. The maximum atomic E-state index is 12.3. The first-order valence-electron chi connectivity index (χ1n) is 7.29. The number of aromatic nitrogens is 2.